The Balaban J connectivity index is 1.21. The average Bonchev–Trinajstić information content (AvgIpc) is 3.91. The van der Waals surface area contributed by atoms with Crippen molar-refractivity contribution >= 4 is 39.8 Å². The molecule has 0 radical (unpaired) electrons. The third-order valence-electron chi connectivity index (χ3n) is 9.85. The summed E-state index contributed by atoms with van der Waals surface area (Å²) in [4.78, 5) is 34.4. The van der Waals surface area contributed by atoms with Gasteiger partial charge in [-0.1, -0.05) is 42.4 Å². The van der Waals surface area contributed by atoms with Crippen LogP contribution >= 0.6 is 11.6 Å². The van der Waals surface area contributed by atoms with Crippen molar-refractivity contribution in [3.63, 3.8) is 0 Å². The molecule has 7 rings (SSSR count). The Labute approximate surface area is 279 Å². The number of carbonyl (C=O) groups excluding carboxylic acids is 1. The van der Waals surface area contributed by atoms with Gasteiger partial charge in [0.15, 0.2) is 5.83 Å². The summed E-state index contributed by atoms with van der Waals surface area (Å²) in [5.74, 6) is -1.03. The van der Waals surface area contributed by atoms with Gasteiger partial charge in [-0.05, 0) is 43.8 Å². The molecular weight excluding hydrogens is 621 g/mol. The molecule has 0 spiro atoms. The van der Waals surface area contributed by atoms with Crippen LogP contribution in [0.5, 0.6) is 6.01 Å². The summed E-state index contributed by atoms with van der Waals surface area (Å²) in [6.07, 6.45) is 3.15. The first-order chi connectivity index (χ1) is 22.7. The molecule has 3 aromatic rings. The smallest absolute Gasteiger partial charge is 0.318 e. The van der Waals surface area contributed by atoms with Crippen LogP contribution in [0.3, 0.4) is 0 Å². The number of hydrogen-bond donors (Lipinski definition) is 0. The molecule has 0 N–H and O–H groups in total. The monoisotopic (exact) mass is 659 g/mol. The highest BCUT2D eigenvalue weighted by atomic mass is 35.5. The van der Waals surface area contributed by atoms with Crippen LogP contribution in [0.2, 0.25) is 5.02 Å². The number of hydrogen-bond acceptors (Lipinski definition) is 8. The largest absolute Gasteiger partial charge is 0.463 e. The Bertz CT molecular complexity index is 1730. The minimum atomic E-state index is -1.02. The SMILES string of the molecule is [C-]#[N+]C[C@H]1CN(c2nc(OCC3(CN(C)C4CC4)COC3)nc3c2CCN(c2cccc4cccc(Cl)c24)C3)CCN1C(=O)C(=C)F. The maximum absolute atomic E-state index is 13.9. The van der Waals surface area contributed by atoms with Crippen LogP contribution in [0, 0.1) is 12.0 Å². The fourth-order valence-corrected chi connectivity index (χ4v) is 7.47. The van der Waals surface area contributed by atoms with Gasteiger partial charge in [0, 0.05) is 55.4 Å². The second kappa shape index (κ2) is 12.9. The Kier molecular flexibility index (Phi) is 8.68. The van der Waals surface area contributed by atoms with Gasteiger partial charge < -0.3 is 33.9 Å². The molecule has 1 aromatic heterocycles. The van der Waals surface area contributed by atoms with E-state index < -0.39 is 17.8 Å². The van der Waals surface area contributed by atoms with Crippen LogP contribution in [0.4, 0.5) is 15.9 Å². The van der Waals surface area contributed by atoms with Gasteiger partial charge in [0.05, 0.1) is 35.9 Å². The van der Waals surface area contributed by atoms with E-state index in [9.17, 15) is 9.18 Å². The molecule has 1 aliphatic carbocycles. The summed E-state index contributed by atoms with van der Waals surface area (Å²) in [7, 11) is 2.17. The molecule has 0 bridgehead atoms. The molecule has 3 fully saturated rings. The van der Waals surface area contributed by atoms with Crippen molar-refractivity contribution in [1.29, 1.82) is 0 Å². The number of amides is 1. The predicted octanol–water partition coefficient (Wildman–Crippen LogP) is 4.76. The third kappa shape index (κ3) is 6.34. The summed E-state index contributed by atoms with van der Waals surface area (Å²) in [5, 5.41) is 2.79. The first-order valence-corrected chi connectivity index (χ1v) is 16.6. The summed E-state index contributed by atoms with van der Waals surface area (Å²) < 4.78 is 26.0. The van der Waals surface area contributed by atoms with Gasteiger partial charge in [-0.3, -0.25) is 4.79 Å². The summed E-state index contributed by atoms with van der Waals surface area (Å²) in [6.45, 7) is 15.6. The zero-order chi connectivity index (χ0) is 32.7. The Morgan fingerprint density at radius 1 is 1.19 bits per heavy atom. The van der Waals surface area contributed by atoms with Crippen molar-refractivity contribution in [2.45, 2.75) is 37.9 Å². The number of rotatable bonds is 10. The van der Waals surface area contributed by atoms with E-state index in [0.29, 0.717) is 63.0 Å². The first-order valence-electron chi connectivity index (χ1n) is 16.2. The minimum Gasteiger partial charge on any atom is -0.463 e. The highest BCUT2D eigenvalue weighted by Crippen LogP contribution is 2.38. The number of benzene rings is 2. The Hall–Kier alpha value is -3.98. The molecule has 4 aliphatic rings. The van der Waals surface area contributed by atoms with E-state index in [1.54, 1.807) is 0 Å². The third-order valence-corrected chi connectivity index (χ3v) is 10.2. The normalized spacial score (nSPS) is 20.5. The van der Waals surface area contributed by atoms with Crippen LogP contribution in [-0.2, 0) is 22.5 Å². The van der Waals surface area contributed by atoms with Crippen LogP contribution in [0.25, 0.3) is 15.6 Å². The van der Waals surface area contributed by atoms with E-state index in [1.807, 2.05) is 18.2 Å². The zero-order valence-corrected chi connectivity index (χ0v) is 27.4. The zero-order valence-electron chi connectivity index (χ0n) is 26.6. The molecule has 4 heterocycles. The molecule has 1 saturated carbocycles. The molecule has 47 heavy (non-hydrogen) atoms. The van der Waals surface area contributed by atoms with Crippen molar-refractivity contribution in [3.05, 3.63) is 76.5 Å². The van der Waals surface area contributed by atoms with Crippen LogP contribution in [0.15, 0.2) is 48.8 Å². The molecule has 10 nitrogen and oxygen atoms in total. The van der Waals surface area contributed by atoms with Crippen LogP contribution in [0.1, 0.15) is 24.1 Å². The fourth-order valence-electron chi connectivity index (χ4n) is 7.19. The van der Waals surface area contributed by atoms with Crippen molar-refractivity contribution in [2.75, 3.05) is 75.9 Å². The van der Waals surface area contributed by atoms with Crippen molar-refractivity contribution in [3.8, 4) is 6.01 Å². The number of fused-ring (bicyclic) bond motifs is 2. The Morgan fingerprint density at radius 3 is 2.68 bits per heavy atom. The second-order valence-corrected chi connectivity index (χ2v) is 13.7. The van der Waals surface area contributed by atoms with Gasteiger partial charge in [0.25, 0.3) is 5.91 Å². The van der Waals surface area contributed by atoms with Gasteiger partial charge in [0.1, 0.15) is 18.5 Å². The van der Waals surface area contributed by atoms with E-state index >= 15 is 0 Å². The molecule has 1 amide bonds. The molecular formula is C35H39ClFN7O3. The standard InChI is InChI=1S/C35H39ClFN7O3/c1-23(37)33(45)44-15-14-43(17-26(44)16-38-2)32-27-12-13-42(30-9-5-7-24-6-4-8-28(36)31(24)30)18-29(27)39-34(40-32)47-22-35(20-46-21-35)19-41(3)25-10-11-25/h4-9,25-26H,1,10-22H2,3H3/t26-/m0/s1. The van der Waals surface area contributed by atoms with Crippen LogP contribution in [-0.4, -0.2) is 104 Å². The molecule has 2 saturated heterocycles. The number of carbonyl (C=O) groups is 1. The van der Waals surface area contributed by atoms with Crippen molar-refractivity contribution < 1.29 is 18.7 Å². The number of aromatic nitrogens is 2. The van der Waals surface area contributed by atoms with Gasteiger partial charge in [-0.2, -0.15) is 9.97 Å². The highest BCUT2D eigenvalue weighted by molar-refractivity contribution is 6.36. The number of piperazine rings is 1. The quantitative estimate of drug-likeness (QED) is 0.228. The molecule has 0 unspecified atom stereocenters. The number of ether oxygens (including phenoxy) is 2. The lowest BCUT2D eigenvalue weighted by molar-refractivity contribution is -0.143. The topological polar surface area (TPSA) is 78.6 Å². The molecule has 12 heteroatoms. The van der Waals surface area contributed by atoms with E-state index in [1.165, 1.54) is 17.7 Å². The number of halogens is 2. The molecule has 1 atom stereocenters. The van der Waals surface area contributed by atoms with Crippen molar-refractivity contribution in [2.24, 2.45) is 5.41 Å². The van der Waals surface area contributed by atoms with E-state index in [2.05, 4.69) is 51.4 Å². The highest BCUT2D eigenvalue weighted by Gasteiger charge is 2.43. The lowest BCUT2D eigenvalue weighted by atomic mass is 9.86. The van der Waals surface area contributed by atoms with Crippen molar-refractivity contribution in [1.82, 2.24) is 19.8 Å². The van der Waals surface area contributed by atoms with E-state index in [4.69, 9.17) is 37.6 Å². The number of nitrogens with zero attached hydrogens (tertiary/aromatic N) is 7. The van der Waals surface area contributed by atoms with Gasteiger partial charge in [-0.15, -0.1) is 0 Å². The van der Waals surface area contributed by atoms with E-state index in [-0.39, 0.29) is 18.5 Å². The lowest BCUT2D eigenvalue weighted by Crippen LogP contribution is -2.57. The van der Waals surface area contributed by atoms with E-state index in [0.717, 1.165) is 46.6 Å². The van der Waals surface area contributed by atoms with Crippen LogP contribution < -0.4 is 14.5 Å². The Morgan fingerprint density at radius 2 is 1.98 bits per heavy atom. The molecule has 246 valence electrons. The summed E-state index contributed by atoms with van der Waals surface area (Å²) in [6, 6.07) is 12.6. The van der Waals surface area contributed by atoms with Gasteiger partial charge in [0.2, 0.25) is 6.54 Å². The average molecular weight is 660 g/mol. The van der Waals surface area contributed by atoms with Gasteiger partial charge in [-0.25, -0.2) is 11.0 Å². The first kappa shape index (κ1) is 31.6. The fraction of sp³-hybridized carbons (Fsp3) is 0.486. The minimum absolute atomic E-state index is 0.0544. The predicted molar refractivity (Wildman–Crippen MR) is 180 cm³/mol. The maximum atomic E-state index is 13.9. The summed E-state index contributed by atoms with van der Waals surface area (Å²) in [5.41, 5.74) is 2.81. The van der Waals surface area contributed by atoms with Gasteiger partial charge >= 0.3 is 6.01 Å². The molecule has 2 aromatic carbocycles. The number of anilines is 2. The second-order valence-electron chi connectivity index (χ2n) is 13.3. The molecule has 3 aliphatic heterocycles. The summed E-state index contributed by atoms with van der Waals surface area (Å²) >= 11 is 6.72. The lowest BCUT2D eigenvalue weighted by Gasteiger charge is -2.43. The maximum Gasteiger partial charge on any atom is 0.318 e.